The summed E-state index contributed by atoms with van der Waals surface area (Å²) in [7, 11) is 0. The summed E-state index contributed by atoms with van der Waals surface area (Å²) < 4.78 is 0. The molecular formula is C20H21N3OS. The number of hydrogen-bond acceptors (Lipinski definition) is 4. The summed E-state index contributed by atoms with van der Waals surface area (Å²) in [6, 6.07) is 15.9. The van der Waals surface area contributed by atoms with Gasteiger partial charge in [0.05, 0.1) is 11.3 Å². The van der Waals surface area contributed by atoms with E-state index in [1.54, 1.807) is 0 Å². The van der Waals surface area contributed by atoms with Gasteiger partial charge >= 0.3 is 0 Å². The number of rotatable bonds is 6. The average Bonchev–Trinajstić information content (AvgIpc) is 2.66. The van der Waals surface area contributed by atoms with Crippen molar-refractivity contribution in [1.29, 1.82) is 0 Å². The standard InChI is InChI=1S/C20H21N3OS/c1-3-14(2)15-8-10-16(11-9-15)23-19(24)12-25-20-17-6-4-5-7-18(17)21-13-22-20/h4-11,13-14H,3,12H2,1-2H3,(H,23,24). The van der Waals surface area contributed by atoms with Crippen molar-refractivity contribution in [3.8, 4) is 0 Å². The van der Waals surface area contributed by atoms with Crippen molar-refractivity contribution < 1.29 is 4.79 Å². The Morgan fingerprint density at radius 1 is 1.12 bits per heavy atom. The lowest BCUT2D eigenvalue weighted by Crippen LogP contribution is -2.14. The molecule has 1 aromatic heterocycles. The Morgan fingerprint density at radius 2 is 1.88 bits per heavy atom. The topological polar surface area (TPSA) is 54.9 Å². The van der Waals surface area contributed by atoms with Gasteiger partial charge in [-0.05, 0) is 36.1 Å². The third kappa shape index (κ3) is 4.37. The molecule has 128 valence electrons. The number of anilines is 1. The van der Waals surface area contributed by atoms with Crippen LogP contribution < -0.4 is 5.32 Å². The zero-order valence-electron chi connectivity index (χ0n) is 14.4. The Kier molecular flexibility index (Phi) is 5.66. The summed E-state index contributed by atoms with van der Waals surface area (Å²) in [4.78, 5) is 20.8. The average molecular weight is 351 g/mol. The first-order valence-electron chi connectivity index (χ1n) is 8.39. The minimum Gasteiger partial charge on any atom is -0.325 e. The summed E-state index contributed by atoms with van der Waals surface area (Å²) in [5, 5.41) is 4.74. The van der Waals surface area contributed by atoms with Gasteiger partial charge in [-0.1, -0.05) is 55.9 Å². The van der Waals surface area contributed by atoms with Gasteiger partial charge in [0, 0.05) is 11.1 Å². The van der Waals surface area contributed by atoms with Crippen molar-refractivity contribution >= 4 is 34.3 Å². The molecule has 1 heterocycles. The maximum atomic E-state index is 12.2. The molecule has 0 saturated heterocycles. The van der Waals surface area contributed by atoms with Gasteiger partial charge in [0.15, 0.2) is 0 Å². The van der Waals surface area contributed by atoms with Gasteiger partial charge in [-0.15, -0.1) is 0 Å². The lowest BCUT2D eigenvalue weighted by molar-refractivity contribution is -0.113. The second kappa shape index (κ2) is 8.12. The molecule has 2 aromatic carbocycles. The molecular weight excluding hydrogens is 330 g/mol. The highest BCUT2D eigenvalue weighted by atomic mass is 32.2. The number of benzene rings is 2. The van der Waals surface area contributed by atoms with Crippen LogP contribution in [0.3, 0.4) is 0 Å². The predicted octanol–water partition coefficient (Wildman–Crippen LogP) is 4.87. The van der Waals surface area contributed by atoms with Crippen molar-refractivity contribution in [2.75, 3.05) is 11.1 Å². The van der Waals surface area contributed by atoms with Gasteiger partial charge < -0.3 is 5.32 Å². The number of para-hydroxylation sites is 1. The van der Waals surface area contributed by atoms with Crippen molar-refractivity contribution in [3.63, 3.8) is 0 Å². The third-order valence-corrected chi connectivity index (χ3v) is 5.23. The Bertz CT molecular complexity index is 859. The minimum atomic E-state index is -0.0380. The smallest absolute Gasteiger partial charge is 0.234 e. The number of hydrogen-bond donors (Lipinski definition) is 1. The predicted molar refractivity (Wildman–Crippen MR) is 104 cm³/mol. The zero-order valence-corrected chi connectivity index (χ0v) is 15.2. The summed E-state index contributed by atoms with van der Waals surface area (Å²) in [6.07, 6.45) is 2.64. The van der Waals surface area contributed by atoms with Crippen LogP contribution in [-0.4, -0.2) is 21.6 Å². The second-order valence-corrected chi connectivity index (χ2v) is 6.93. The summed E-state index contributed by atoms with van der Waals surface area (Å²) in [5.41, 5.74) is 3.01. The van der Waals surface area contributed by atoms with Gasteiger partial charge in [0.2, 0.25) is 5.91 Å². The molecule has 3 aromatic rings. The van der Waals surface area contributed by atoms with E-state index in [4.69, 9.17) is 0 Å². The molecule has 0 aliphatic rings. The molecule has 0 spiro atoms. The van der Waals surface area contributed by atoms with E-state index in [1.807, 2.05) is 36.4 Å². The Morgan fingerprint density at radius 3 is 2.64 bits per heavy atom. The monoisotopic (exact) mass is 351 g/mol. The minimum absolute atomic E-state index is 0.0380. The number of carbonyl (C=O) groups excluding carboxylic acids is 1. The lowest BCUT2D eigenvalue weighted by atomic mass is 9.99. The molecule has 0 radical (unpaired) electrons. The van der Waals surface area contributed by atoms with E-state index in [2.05, 4.69) is 41.3 Å². The second-order valence-electron chi connectivity index (χ2n) is 5.96. The fourth-order valence-corrected chi connectivity index (χ4v) is 3.35. The van der Waals surface area contributed by atoms with E-state index < -0.39 is 0 Å². The Hall–Kier alpha value is -2.40. The van der Waals surface area contributed by atoms with Crippen molar-refractivity contribution in [3.05, 3.63) is 60.4 Å². The molecule has 25 heavy (non-hydrogen) atoms. The molecule has 5 heteroatoms. The maximum absolute atomic E-state index is 12.2. The number of fused-ring (bicyclic) bond motifs is 1. The molecule has 1 unspecified atom stereocenters. The van der Waals surface area contributed by atoms with Crippen molar-refractivity contribution in [2.45, 2.75) is 31.2 Å². The first-order chi connectivity index (χ1) is 12.2. The Balaban J connectivity index is 1.61. The van der Waals surface area contributed by atoms with E-state index in [0.717, 1.165) is 28.0 Å². The number of aromatic nitrogens is 2. The van der Waals surface area contributed by atoms with Crippen LogP contribution >= 0.6 is 11.8 Å². The number of carbonyl (C=O) groups is 1. The van der Waals surface area contributed by atoms with Gasteiger partial charge in [0.1, 0.15) is 11.4 Å². The van der Waals surface area contributed by atoms with Crippen LogP contribution in [0, 0.1) is 0 Å². The first-order valence-corrected chi connectivity index (χ1v) is 9.38. The molecule has 0 fully saturated rings. The third-order valence-electron chi connectivity index (χ3n) is 4.22. The normalized spacial score (nSPS) is 12.1. The van der Waals surface area contributed by atoms with Gasteiger partial charge in [-0.25, -0.2) is 9.97 Å². The van der Waals surface area contributed by atoms with Crippen LogP contribution in [0.25, 0.3) is 10.9 Å². The van der Waals surface area contributed by atoms with E-state index in [0.29, 0.717) is 11.7 Å². The molecule has 4 nitrogen and oxygen atoms in total. The summed E-state index contributed by atoms with van der Waals surface area (Å²) >= 11 is 1.43. The zero-order chi connectivity index (χ0) is 17.6. The SMILES string of the molecule is CCC(C)c1ccc(NC(=O)CSc2ncnc3ccccc23)cc1. The fraction of sp³-hybridized carbons (Fsp3) is 0.250. The molecule has 0 aliphatic heterocycles. The molecule has 0 bridgehead atoms. The number of thioether (sulfide) groups is 1. The molecule has 3 rings (SSSR count). The molecule has 1 atom stereocenters. The van der Waals surface area contributed by atoms with E-state index >= 15 is 0 Å². The highest BCUT2D eigenvalue weighted by Gasteiger charge is 2.09. The Labute approximate surface area is 152 Å². The van der Waals surface area contributed by atoms with Gasteiger partial charge in [-0.3, -0.25) is 4.79 Å². The van der Waals surface area contributed by atoms with Gasteiger partial charge in [-0.2, -0.15) is 0 Å². The summed E-state index contributed by atoms with van der Waals surface area (Å²) in [5.74, 6) is 0.809. The fourth-order valence-electron chi connectivity index (χ4n) is 2.56. The van der Waals surface area contributed by atoms with Crippen molar-refractivity contribution in [1.82, 2.24) is 9.97 Å². The van der Waals surface area contributed by atoms with E-state index in [1.165, 1.54) is 23.7 Å². The highest BCUT2D eigenvalue weighted by Crippen LogP contribution is 2.24. The van der Waals surface area contributed by atoms with Crippen LogP contribution in [-0.2, 0) is 4.79 Å². The van der Waals surface area contributed by atoms with Crippen LogP contribution in [0.1, 0.15) is 31.7 Å². The van der Waals surface area contributed by atoms with Gasteiger partial charge in [0.25, 0.3) is 0 Å². The molecule has 0 saturated carbocycles. The molecule has 1 N–H and O–H groups in total. The van der Waals surface area contributed by atoms with E-state index in [-0.39, 0.29) is 5.91 Å². The number of amides is 1. The van der Waals surface area contributed by atoms with Crippen LogP contribution in [0.15, 0.2) is 59.9 Å². The van der Waals surface area contributed by atoms with Crippen molar-refractivity contribution in [2.24, 2.45) is 0 Å². The quantitative estimate of drug-likeness (QED) is 0.508. The molecule has 1 amide bonds. The highest BCUT2D eigenvalue weighted by molar-refractivity contribution is 8.00. The van der Waals surface area contributed by atoms with Crippen LogP contribution in [0.4, 0.5) is 5.69 Å². The summed E-state index contributed by atoms with van der Waals surface area (Å²) in [6.45, 7) is 4.38. The molecule has 0 aliphatic carbocycles. The largest absolute Gasteiger partial charge is 0.325 e. The van der Waals surface area contributed by atoms with Crippen LogP contribution in [0.5, 0.6) is 0 Å². The first kappa shape index (κ1) is 17.4. The van der Waals surface area contributed by atoms with Crippen LogP contribution in [0.2, 0.25) is 0 Å². The lowest BCUT2D eigenvalue weighted by Gasteiger charge is -2.10. The van der Waals surface area contributed by atoms with E-state index in [9.17, 15) is 4.79 Å². The number of nitrogens with one attached hydrogen (secondary N) is 1. The maximum Gasteiger partial charge on any atom is 0.234 e. The number of nitrogens with zero attached hydrogens (tertiary/aromatic N) is 2.